The lowest BCUT2D eigenvalue weighted by atomic mass is 10.1. The molecule has 1 heterocycles. The minimum absolute atomic E-state index is 0.102. The molecule has 2 amide bonds. The fraction of sp³-hybridized carbons (Fsp3) is 0.300. The number of unbranched alkanes of at least 4 members (excludes halogenated alkanes) is 1. The third-order valence-electron chi connectivity index (χ3n) is 4.50. The molecule has 1 aliphatic rings. The minimum Gasteiger partial charge on any atom is -0.284 e. The highest BCUT2D eigenvalue weighted by Crippen LogP contribution is 2.23. The molecule has 0 atom stereocenters. The molecule has 1 aliphatic heterocycles. The Bertz CT molecular complexity index is 917. The van der Waals surface area contributed by atoms with E-state index in [2.05, 4.69) is 4.72 Å². The maximum atomic E-state index is 12.4. The average molecular weight is 386 g/mol. The van der Waals surface area contributed by atoms with E-state index in [1.807, 2.05) is 6.92 Å². The first-order valence-corrected chi connectivity index (χ1v) is 10.6. The van der Waals surface area contributed by atoms with Crippen molar-refractivity contribution in [3.63, 3.8) is 0 Å². The van der Waals surface area contributed by atoms with E-state index in [9.17, 15) is 18.0 Å². The van der Waals surface area contributed by atoms with E-state index in [-0.39, 0.29) is 24.1 Å². The molecule has 0 bridgehead atoms. The molecule has 3 rings (SSSR count). The summed E-state index contributed by atoms with van der Waals surface area (Å²) < 4.78 is 26.4. The molecular weight excluding hydrogens is 364 g/mol. The van der Waals surface area contributed by atoms with Crippen LogP contribution in [0.1, 0.15) is 46.0 Å². The fourth-order valence-electron chi connectivity index (χ4n) is 2.99. The van der Waals surface area contributed by atoms with Gasteiger partial charge in [0.1, 0.15) is 0 Å². The molecule has 6 nitrogen and oxygen atoms in total. The van der Waals surface area contributed by atoms with Crippen LogP contribution in [0.4, 0.5) is 5.69 Å². The van der Waals surface area contributed by atoms with Crippen molar-refractivity contribution in [3.05, 3.63) is 65.2 Å². The normalized spacial score (nSPS) is 13.7. The average Bonchev–Trinajstić information content (AvgIpc) is 2.90. The molecule has 0 saturated heterocycles. The molecule has 0 aromatic heterocycles. The van der Waals surface area contributed by atoms with E-state index >= 15 is 0 Å². The van der Waals surface area contributed by atoms with E-state index in [0.29, 0.717) is 29.7 Å². The summed E-state index contributed by atoms with van der Waals surface area (Å²) in [4.78, 5) is 26.0. The van der Waals surface area contributed by atoms with Gasteiger partial charge in [0.15, 0.2) is 0 Å². The molecule has 142 valence electrons. The predicted octanol–water partition coefficient (Wildman–Crippen LogP) is 3.07. The predicted molar refractivity (Wildman–Crippen MR) is 104 cm³/mol. The number of nitrogens with one attached hydrogen (secondary N) is 1. The van der Waals surface area contributed by atoms with Gasteiger partial charge in [-0.15, -0.1) is 0 Å². The third kappa shape index (κ3) is 4.36. The number of carbonyl (C=O) groups is 2. The first-order chi connectivity index (χ1) is 12.9. The maximum absolute atomic E-state index is 12.4. The Morgan fingerprint density at radius 2 is 1.52 bits per heavy atom. The van der Waals surface area contributed by atoms with Crippen molar-refractivity contribution in [1.82, 2.24) is 4.90 Å². The molecule has 0 unspecified atom stereocenters. The van der Waals surface area contributed by atoms with Crippen LogP contribution in [0.15, 0.2) is 48.5 Å². The molecule has 2 aromatic rings. The molecule has 0 aliphatic carbocycles. The summed E-state index contributed by atoms with van der Waals surface area (Å²) in [7, 11) is -3.33. The molecule has 1 N–H and O–H groups in total. The Morgan fingerprint density at radius 1 is 0.926 bits per heavy atom. The van der Waals surface area contributed by atoms with Gasteiger partial charge in [0.05, 0.1) is 16.9 Å². The summed E-state index contributed by atoms with van der Waals surface area (Å²) in [5, 5.41) is 0. The van der Waals surface area contributed by atoms with Crippen molar-refractivity contribution in [1.29, 1.82) is 0 Å². The van der Waals surface area contributed by atoms with Gasteiger partial charge in [-0.3, -0.25) is 19.2 Å². The molecule has 0 saturated carbocycles. The SMILES string of the molecule is CCCCS(=O)(=O)Nc1ccc(CCN2C(=O)c3ccccc3C2=O)cc1. The largest absolute Gasteiger partial charge is 0.284 e. The number of hydrogen-bond donors (Lipinski definition) is 1. The van der Waals surface area contributed by atoms with Crippen LogP contribution >= 0.6 is 0 Å². The first-order valence-electron chi connectivity index (χ1n) is 8.96. The summed E-state index contributed by atoms with van der Waals surface area (Å²) in [6, 6.07) is 13.8. The molecule has 0 fully saturated rings. The summed E-state index contributed by atoms with van der Waals surface area (Å²) in [5.74, 6) is -0.433. The van der Waals surface area contributed by atoms with E-state index in [1.54, 1.807) is 48.5 Å². The maximum Gasteiger partial charge on any atom is 0.261 e. The van der Waals surface area contributed by atoms with E-state index < -0.39 is 10.0 Å². The molecule has 2 aromatic carbocycles. The minimum atomic E-state index is -3.33. The number of anilines is 1. The Hall–Kier alpha value is -2.67. The Balaban J connectivity index is 1.60. The number of amides is 2. The van der Waals surface area contributed by atoms with Crippen LogP contribution in [-0.4, -0.2) is 37.4 Å². The van der Waals surface area contributed by atoms with Crippen LogP contribution < -0.4 is 4.72 Å². The van der Waals surface area contributed by atoms with Gasteiger partial charge in [0, 0.05) is 12.2 Å². The zero-order valence-corrected chi connectivity index (χ0v) is 16.0. The van der Waals surface area contributed by atoms with Crippen molar-refractivity contribution >= 4 is 27.5 Å². The molecule has 0 radical (unpaired) electrons. The lowest BCUT2D eigenvalue weighted by Crippen LogP contribution is -2.31. The van der Waals surface area contributed by atoms with Crippen LogP contribution in [0.25, 0.3) is 0 Å². The van der Waals surface area contributed by atoms with E-state index in [1.165, 1.54) is 4.90 Å². The number of carbonyl (C=O) groups excluding carboxylic acids is 2. The number of imide groups is 1. The van der Waals surface area contributed by atoms with Gasteiger partial charge in [-0.2, -0.15) is 0 Å². The van der Waals surface area contributed by atoms with Gasteiger partial charge >= 0.3 is 0 Å². The highest BCUT2D eigenvalue weighted by atomic mass is 32.2. The van der Waals surface area contributed by atoms with Crippen LogP contribution in [0.3, 0.4) is 0 Å². The number of nitrogens with zero attached hydrogens (tertiary/aromatic N) is 1. The quantitative estimate of drug-likeness (QED) is 0.707. The topological polar surface area (TPSA) is 83.6 Å². The highest BCUT2D eigenvalue weighted by molar-refractivity contribution is 7.92. The lowest BCUT2D eigenvalue weighted by Gasteiger charge is -2.14. The zero-order chi connectivity index (χ0) is 19.4. The van der Waals surface area contributed by atoms with Gasteiger partial charge in [0.2, 0.25) is 10.0 Å². The second-order valence-corrected chi connectivity index (χ2v) is 8.37. The van der Waals surface area contributed by atoms with Crippen LogP contribution in [0.5, 0.6) is 0 Å². The van der Waals surface area contributed by atoms with Crippen LogP contribution in [0, 0.1) is 0 Å². The smallest absolute Gasteiger partial charge is 0.261 e. The second-order valence-electron chi connectivity index (χ2n) is 6.53. The summed E-state index contributed by atoms with van der Waals surface area (Å²) in [6.07, 6.45) is 1.94. The fourth-order valence-corrected chi connectivity index (χ4v) is 4.25. The molecular formula is C20H22N2O4S. The molecule has 27 heavy (non-hydrogen) atoms. The van der Waals surface area contributed by atoms with Crippen LogP contribution in [-0.2, 0) is 16.4 Å². The number of fused-ring (bicyclic) bond motifs is 1. The Labute approximate surface area is 159 Å². The van der Waals surface area contributed by atoms with Crippen molar-refractivity contribution in [2.75, 3.05) is 17.0 Å². The van der Waals surface area contributed by atoms with Crippen molar-refractivity contribution in [2.45, 2.75) is 26.2 Å². The van der Waals surface area contributed by atoms with E-state index in [0.717, 1.165) is 12.0 Å². The van der Waals surface area contributed by atoms with Crippen molar-refractivity contribution in [3.8, 4) is 0 Å². The summed E-state index contributed by atoms with van der Waals surface area (Å²) in [6.45, 7) is 2.23. The van der Waals surface area contributed by atoms with Crippen molar-refractivity contribution in [2.24, 2.45) is 0 Å². The van der Waals surface area contributed by atoms with Gasteiger partial charge in [0.25, 0.3) is 11.8 Å². The first kappa shape index (κ1) is 19.1. The van der Waals surface area contributed by atoms with Gasteiger partial charge < -0.3 is 0 Å². The highest BCUT2D eigenvalue weighted by Gasteiger charge is 2.34. The molecule has 0 spiro atoms. The van der Waals surface area contributed by atoms with Gasteiger partial charge in [-0.1, -0.05) is 37.6 Å². The van der Waals surface area contributed by atoms with Gasteiger partial charge in [-0.25, -0.2) is 8.42 Å². The van der Waals surface area contributed by atoms with Crippen molar-refractivity contribution < 1.29 is 18.0 Å². The zero-order valence-electron chi connectivity index (χ0n) is 15.1. The van der Waals surface area contributed by atoms with E-state index in [4.69, 9.17) is 0 Å². The monoisotopic (exact) mass is 386 g/mol. The summed E-state index contributed by atoms with van der Waals surface area (Å²) >= 11 is 0. The van der Waals surface area contributed by atoms with Crippen LogP contribution in [0.2, 0.25) is 0 Å². The Kier molecular flexibility index (Phi) is 5.60. The third-order valence-corrected chi connectivity index (χ3v) is 5.87. The molecule has 7 heteroatoms. The number of benzene rings is 2. The Morgan fingerprint density at radius 3 is 2.07 bits per heavy atom. The van der Waals surface area contributed by atoms with Gasteiger partial charge in [-0.05, 0) is 42.7 Å². The lowest BCUT2D eigenvalue weighted by molar-refractivity contribution is 0.0656. The number of hydrogen-bond acceptors (Lipinski definition) is 4. The summed E-state index contributed by atoms with van der Waals surface area (Å²) in [5.41, 5.74) is 2.32. The number of sulfonamides is 1. The second kappa shape index (κ2) is 7.92. The standard InChI is InChI=1S/C20H22N2O4S/c1-2-3-14-27(25,26)21-16-10-8-15(9-11-16)12-13-22-19(23)17-6-4-5-7-18(17)20(22)24/h4-11,21H,2-3,12-14H2,1H3. The number of rotatable bonds is 8.